The fourth-order valence-electron chi connectivity index (χ4n) is 2.06. The molecule has 0 spiro atoms. The second-order valence-corrected chi connectivity index (χ2v) is 4.38. The number of hydrogen-bond donors (Lipinski definition) is 2. The van der Waals surface area contributed by atoms with E-state index in [0.29, 0.717) is 23.4 Å². The number of carbonyl (C=O) groups excluding carboxylic acids is 1. The second kappa shape index (κ2) is 5.01. The number of allylic oxidation sites excluding steroid dienone is 4. The van der Waals surface area contributed by atoms with Crippen molar-refractivity contribution < 1.29 is 4.79 Å². The Morgan fingerprint density at radius 1 is 1.37 bits per heavy atom. The van der Waals surface area contributed by atoms with Crippen molar-refractivity contribution in [2.75, 3.05) is 5.32 Å². The van der Waals surface area contributed by atoms with E-state index < -0.39 is 0 Å². The molecule has 0 aromatic carbocycles. The second-order valence-electron chi connectivity index (χ2n) is 4.38. The van der Waals surface area contributed by atoms with Crippen molar-refractivity contribution >= 4 is 22.9 Å². The number of H-pyrrole nitrogens is 1. The Kier molecular flexibility index (Phi) is 3.06. The molecule has 2 aromatic heterocycles. The first-order chi connectivity index (χ1) is 9.33. The molecule has 0 saturated heterocycles. The van der Waals surface area contributed by atoms with Crippen LogP contribution in [0.3, 0.4) is 0 Å². The van der Waals surface area contributed by atoms with E-state index >= 15 is 0 Å². The maximum absolute atomic E-state index is 12.0. The number of aromatic nitrogens is 4. The standard InChI is InChI=1S/C13H13N5O/c19-10(6-9-4-2-1-3-5-9)18-13-11-12(15-7-14-11)16-8-17-13/h1-4,7-9H,5-6H2,(H2,14,15,16,17,18,19). The molecule has 1 aliphatic carbocycles. The van der Waals surface area contributed by atoms with E-state index in [2.05, 4.69) is 31.3 Å². The minimum Gasteiger partial charge on any atom is -0.329 e. The van der Waals surface area contributed by atoms with Crippen LogP contribution in [-0.4, -0.2) is 25.8 Å². The number of nitrogens with zero attached hydrogens (tertiary/aromatic N) is 3. The molecule has 0 bridgehead atoms. The number of rotatable bonds is 3. The molecule has 1 aliphatic rings. The lowest BCUT2D eigenvalue weighted by atomic mass is 9.97. The molecule has 0 aliphatic heterocycles. The first-order valence-corrected chi connectivity index (χ1v) is 6.10. The Balaban J connectivity index is 1.70. The van der Waals surface area contributed by atoms with Crippen molar-refractivity contribution in [1.29, 1.82) is 0 Å². The minimum atomic E-state index is -0.0621. The van der Waals surface area contributed by atoms with E-state index in [1.54, 1.807) is 0 Å². The molecule has 1 amide bonds. The normalized spacial score (nSPS) is 17.8. The highest BCUT2D eigenvalue weighted by Crippen LogP contribution is 2.18. The molecule has 2 N–H and O–H groups in total. The molecular formula is C13H13N5O. The number of nitrogens with one attached hydrogen (secondary N) is 2. The van der Waals surface area contributed by atoms with Crippen molar-refractivity contribution in [3.63, 3.8) is 0 Å². The van der Waals surface area contributed by atoms with Crippen LogP contribution in [0.25, 0.3) is 11.2 Å². The third-order valence-corrected chi connectivity index (χ3v) is 2.99. The van der Waals surface area contributed by atoms with Crippen LogP contribution in [0.4, 0.5) is 5.82 Å². The lowest BCUT2D eigenvalue weighted by Gasteiger charge is -2.12. The van der Waals surface area contributed by atoms with E-state index in [1.807, 2.05) is 18.2 Å². The molecule has 6 nitrogen and oxygen atoms in total. The summed E-state index contributed by atoms with van der Waals surface area (Å²) in [7, 11) is 0. The largest absolute Gasteiger partial charge is 0.329 e. The monoisotopic (exact) mass is 255 g/mol. The van der Waals surface area contributed by atoms with Gasteiger partial charge in [0.1, 0.15) is 6.33 Å². The van der Waals surface area contributed by atoms with Gasteiger partial charge in [-0.2, -0.15) is 0 Å². The summed E-state index contributed by atoms with van der Waals surface area (Å²) in [6, 6.07) is 0. The average molecular weight is 255 g/mol. The van der Waals surface area contributed by atoms with Crippen LogP contribution in [0.2, 0.25) is 0 Å². The van der Waals surface area contributed by atoms with E-state index in [1.165, 1.54) is 12.7 Å². The van der Waals surface area contributed by atoms with Crippen LogP contribution >= 0.6 is 0 Å². The fraction of sp³-hybridized carbons (Fsp3) is 0.231. The number of hydrogen-bond acceptors (Lipinski definition) is 4. The van der Waals surface area contributed by atoms with Crippen LogP contribution in [-0.2, 0) is 4.79 Å². The van der Waals surface area contributed by atoms with Gasteiger partial charge in [-0.1, -0.05) is 24.3 Å². The van der Waals surface area contributed by atoms with E-state index in [-0.39, 0.29) is 11.8 Å². The number of fused-ring (bicyclic) bond motifs is 1. The van der Waals surface area contributed by atoms with Gasteiger partial charge in [0, 0.05) is 6.42 Å². The van der Waals surface area contributed by atoms with Crippen molar-refractivity contribution in [3.8, 4) is 0 Å². The molecule has 0 saturated carbocycles. The molecule has 96 valence electrons. The highest BCUT2D eigenvalue weighted by Gasteiger charge is 2.14. The zero-order chi connectivity index (χ0) is 13.1. The minimum absolute atomic E-state index is 0.0621. The van der Waals surface area contributed by atoms with Gasteiger partial charge in [-0.15, -0.1) is 0 Å². The Labute approximate surface area is 109 Å². The van der Waals surface area contributed by atoms with Crippen molar-refractivity contribution in [2.24, 2.45) is 5.92 Å². The Hall–Kier alpha value is -2.50. The summed E-state index contributed by atoms with van der Waals surface area (Å²) in [4.78, 5) is 27.0. The first-order valence-electron chi connectivity index (χ1n) is 6.10. The SMILES string of the molecule is O=C(CC1C=CC=CC1)Nc1ncnc2[nH]cnc12. The molecule has 2 aromatic rings. The van der Waals surface area contributed by atoms with E-state index in [9.17, 15) is 4.79 Å². The summed E-state index contributed by atoms with van der Waals surface area (Å²) in [5.41, 5.74) is 1.20. The molecule has 1 unspecified atom stereocenters. The predicted molar refractivity (Wildman–Crippen MR) is 71.3 cm³/mol. The van der Waals surface area contributed by atoms with Crippen molar-refractivity contribution in [1.82, 2.24) is 19.9 Å². The Bertz CT molecular complexity index is 658. The summed E-state index contributed by atoms with van der Waals surface area (Å²) < 4.78 is 0. The van der Waals surface area contributed by atoms with Gasteiger partial charge in [-0.25, -0.2) is 15.0 Å². The number of imidazole rings is 1. The van der Waals surface area contributed by atoms with E-state index in [4.69, 9.17) is 0 Å². The van der Waals surface area contributed by atoms with Crippen molar-refractivity contribution in [2.45, 2.75) is 12.8 Å². The van der Waals surface area contributed by atoms with Gasteiger partial charge < -0.3 is 10.3 Å². The Morgan fingerprint density at radius 3 is 3.16 bits per heavy atom. The quantitative estimate of drug-likeness (QED) is 0.876. The van der Waals surface area contributed by atoms with Crippen molar-refractivity contribution in [3.05, 3.63) is 37.0 Å². The molecule has 0 radical (unpaired) electrons. The molecular weight excluding hydrogens is 242 g/mol. The third-order valence-electron chi connectivity index (χ3n) is 2.99. The number of carbonyl (C=O) groups is 1. The molecule has 1 atom stereocenters. The highest BCUT2D eigenvalue weighted by atomic mass is 16.1. The lowest BCUT2D eigenvalue weighted by Crippen LogP contribution is -2.17. The summed E-state index contributed by atoms with van der Waals surface area (Å²) in [5.74, 6) is 0.640. The smallest absolute Gasteiger partial charge is 0.226 e. The van der Waals surface area contributed by atoms with Gasteiger partial charge in [-0.3, -0.25) is 4.79 Å². The topological polar surface area (TPSA) is 83.6 Å². The van der Waals surface area contributed by atoms with Gasteiger partial charge in [0.15, 0.2) is 17.0 Å². The zero-order valence-electron chi connectivity index (χ0n) is 10.2. The molecule has 0 fully saturated rings. The fourth-order valence-corrected chi connectivity index (χ4v) is 2.06. The number of anilines is 1. The average Bonchev–Trinajstić information content (AvgIpc) is 2.89. The molecule has 19 heavy (non-hydrogen) atoms. The third kappa shape index (κ3) is 2.52. The summed E-state index contributed by atoms with van der Waals surface area (Å²) >= 11 is 0. The van der Waals surface area contributed by atoms with Gasteiger partial charge in [0.25, 0.3) is 0 Å². The van der Waals surface area contributed by atoms with Crippen LogP contribution in [0.1, 0.15) is 12.8 Å². The van der Waals surface area contributed by atoms with Gasteiger partial charge in [0.2, 0.25) is 5.91 Å². The maximum Gasteiger partial charge on any atom is 0.226 e. The van der Waals surface area contributed by atoms with E-state index in [0.717, 1.165) is 6.42 Å². The molecule has 6 heteroatoms. The number of aromatic amines is 1. The summed E-state index contributed by atoms with van der Waals surface area (Å²) in [5, 5.41) is 2.79. The van der Waals surface area contributed by atoms with Crippen LogP contribution in [0.15, 0.2) is 37.0 Å². The predicted octanol–water partition coefficient (Wildman–Crippen LogP) is 1.81. The summed E-state index contributed by atoms with van der Waals surface area (Å²) in [6.07, 6.45) is 12.3. The Morgan fingerprint density at radius 2 is 2.32 bits per heavy atom. The van der Waals surface area contributed by atoms with Gasteiger partial charge in [0.05, 0.1) is 6.33 Å². The van der Waals surface area contributed by atoms with Gasteiger partial charge in [-0.05, 0) is 12.3 Å². The summed E-state index contributed by atoms with van der Waals surface area (Å²) in [6.45, 7) is 0. The first kappa shape index (κ1) is 11.6. The van der Waals surface area contributed by atoms with Crippen LogP contribution < -0.4 is 5.32 Å². The maximum atomic E-state index is 12.0. The molecule has 2 heterocycles. The van der Waals surface area contributed by atoms with Crippen LogP contribution in [0.5, 0.6) is 0 Å². The van der Waals surface area contributed by atoms with Gasteiger partial charge >= 0.3 is 0 Å². The zero-order valence-corrected chi connectivity index (χ0v) is 10.2. The number of amides is 1. The van der Waals surface area contributed by atoms with Crippen LogP contribution in [0, 0.1) is 5.92 Å². The lowest BCUT2D eigenvalue weighted by molar-refractivity contribution is -0.116. The highest BCUT2D eigenvalue weighted by molar-refractivity contribution is 5.96. The molecule has 3 rings (SSSR count).